The molecule has 2 aromatic rings. The summed E-state index contributed by atoms with van der Waals surface area (Å²) in [6.07, 6.45) is 5.06. The second-order valence-electron chi connectivity index (χ2n) is 11.0. The molecule has 0 bridgehead atoms. The molecule has 0 aromatic carbocycles. The first kappa shape index (κ1) is 34.4. The van der Waals surface area contributed by atoms with Crippen molar-refractivity contribution in [3.8, 4) is 11.8 Å². The van der Waals surface area contributed by atoms with Crippen LogP contribution in [0.3, 0.4) is 0 Å². The minimum atomic E-state index is -4.35. The summed E-state index contributed by atoms with van der Waals surface area (Å²) in [5.41, 5.74) is 4.33. The van der Waals surface area contributed by atoms with E-state index in [1.807, 2.05) is 6.92 Å². The van der Waals surface area contributed by atoms with Crippen molar-refractivity contribution in [1.82, 2.24) is 25.1 Å². The van der Waals surface area contributed by atoms with Crippen molar-refractivity contribution in [2.24, 2.45) is 5.92 Å². The first-order valence-electron chi connectivity index (χ1n) is 15.1. The highest BCUT2D eigenvalue weighted by Crippen LogP contribution is 2.25. The first-order valence-corrected chi connectivity index (χ1v) is 15.1. The predicted molar refractivity (Wildman–Crippen MR) is 166 cm³/mol. The number of nitrogens with zero attached hydrogens (tertiary/aromatic N) is 3. The molecule has 228 valence electrons. The normalized spacial score (nSPS) is 15.5. The van der Waals surface area contributed by atoms with Gasteiger partial charge >= 0.3 is 6.18 Å². The molecule has 0 spiro atoms. The first-order chi connectivity index (χ1) is 19.5. The van der Waals surface area contributed by atoms with E-state index in [1.165, 1.54) is 16.6 Å². The van der Waals surface area contributed by atoms with Gasteiger partial charge in [0.15, 0.2) is 0 Å². The van der Waals surface area contributed by atoms with E-state index in [0.29, 0.717) is 35.9 Å². The number of piperidine rings is 1. The molecule has 3 rings (SSSR count). The van der Waals surface area contributed by atoms with Crippen molar-refractivity contribution in [2.75, 3.05) is 26.7 Å². The number of hydrogen-bond acceptors (Lipinski definition) is 4. The number of pyridine rings is 1. The van der Waals surface area contributed by atoms with Crippen molar-refractivity contribution >= 4 is 11.0 Å². The van der Waals surface area contributed by atoms with Crippen LogP contribution >= 0.6 is 0 Å². The van der Waals surface area contributed by atoms with Crippen LogP contribution in [0.5, 0.6) is 0 Å². The van der Waals surface area contributed by atoms with Gasteiger partial charge in [-0.25, -0.2) is 4.98 Å². The van der Waals surface area contributed by atoms with Gasteiger partial charge in [0.1, 0.15) is 6.54 Å². The highest BCUT2D eigenvalue weighted by Gasteiger charge is 2.30. The van der Waals surface area contributed by atoms with Crippen molar-refractivity contribution in [3.63, 3.8) is 0 Å². The van der Waals surface area contributed by atoms with Crippen molar-refractivity contribution in [2.45, 2.75) is 99.0 Å². The SMILES string of the molecule is C/C=C(CC)\C(=C/CC)NCC#Cc1cc2nc(CNC3CCN(C)CC3)ccc2n1CC(F)(F)F.CCC(C)C. The molecule has 0 amide bonds. The van der Waals surface area contributed by atoms with E-state index in [0.717, 1.165) is 56.1 Å². The number of likely N-dealkylation sites (tertiary alicyclic amines) is 1. The van der Waals surface area contributed by atoms with Crippen LogP contribution in [0.1, 0.15) is 85.0 Å². The van der Waals surface area contributed by atoms with Crippen LogP contribution in [0.2, 0.25) is 0 Å². The maximum absolute atomic E-state index is 13.4. The molecule has 3 heterocycles. The van der Waals surface area contributed by atoms with Crippen LogP contribution < -0.4 is 10.6 Å². The summed E-state index contributed by atoms with van der Waals surface area (Å²) in [5, 5.41) is 6.86. The zero-order valence-corrected chi connectivity index (χ0v) is 26.1. The third kappa shape index (κ3) is 11.9. The Labute approximate surface area is 245 Å². The van der Waals surface area contributed by atoms with Crippen molar-refractivity contribution < 1.29 is 13.2 Å². The van der Waals surface area contributed by atoms with E-state index < -0.39 is 12.7 Å². The van der Waals surface area contributed by atoms with Gasteiger partial charge in [-0.2, -0.15) is 13.2 Å². The van der Waals surface area contributed by atoms with Gasteiger partial charge in [0.25, 0.3) is 0 Å². The summed E-state index contributed by atoms with van der Waals surface area (Å²) in [6.45, 7) is 14.8. The van der Waals surface area contributed by atoms with Gasteiger partial charge in [-0.15, -0.1) is 0 Å². The molecule has 0 radical (unpaired) electrons. The van der Waals surface area contributed by atoms with Crippen LogP contribution in [0, 0.1) is 17.8 Å². The highest BCUT2D eigenvalue weighted by atomic mass is 19.4. The van der Waals surface area contributed by atoms with Crippen LogP contribution in [0.4, 0.5) is 13.2 Å². The molecule has 0 aliphatic carbocycles. The minimum Gasteiger partial charge on any atom is -0.374 e. The molecule has 0 saturated carbocycles. The summed E-state index contributed by atoms with van der Waals surface area (Å²) in [5.74, 6) is 6.84. The monoisotopic (exact) mass is 573 g/mol. The average Bonchev–Trinajstić information content (AvgIpc) is 3.26. The number of alkyl halides is 3. The fraction of sp³-hybridized carbons (Fsp3) is 0.606. The van der Waals surface area contributed by atoms with Gasteiger partial charge in [-0.3, -0.25) is 0 Å². The molecular weight excluding hydrogens is 523 g/mol. The molecule has 41 heavy (non-hydrogen) atoms. The lowest BCUT2D eigenvalue weighted by Crippen LogP contribution is -2.40. The van der Waals surface area contributed by atoms with Gasteiger partial charge in [-0.1, -0.05) is 59.1 Å². The fourth-order valence-corrected chi connectivity index (χ4v) is 4.54. The number of rotatable bonds is 10. The Bertz CT molecular complexity index is 1190. The number of aromatic nitrogens is 2. The Morgan fingerprint density at radius 3 is 2.41 bits per heavy atom. The lowest BCUT2D eigenvalue weighted by molar-refractivity contribution is -0.140. The van der Waals surface area contributed by atoms with Gasteiger partial charge in [0.2, 0.25) is 0 Å². The molecule has 2 aromatic heterocycles. The van der Waals surface area contributed by atoms with Gasteiger partial charge in [-0.05, 0) is 88.4 Å². The van der Waals surface area contributed by atoms with Gasteiger partial charge in [0, 0.05) is 18.3 Å². The molecule has 2 N–H and O–H groups in total. The van der Waals surface area contributed by atoms with Crippen molar-refractivity contribution in [1.29, 1.82) is 0 Å². The van der Waals surface area contributed by atoms with E-state index in [4.69, 9.17) is 0 Å². The molecular formula is C33H50F3N5. The zero-order chi connectivity index (χ0) is 30.4. The third-order valence-corrected chi connectivity index (χ3v) is 7.33. The Morgan fingerprint density at radius 1 is 1.17 bits per heavy atom. The zero-order valence-electron chi connectivity index (χ0n) is 26.1. The quantitative estimate of drug-likeness (QED) is 0.229. The summed E-state index contributed by atoms with van der Waals surface area (Å²) < 4.78 is 41.3. The Balaban J connectivity index is 0.00000108. The third-order valence-electron chi connectivity index (χ3n) is 7.33. The van der Waals surface area contributed by atoms with E-state index in [2.05, 4.69) is 86.2 Å². The second kappa shape index (κ2) is 17.3. The Kier molecular flexibility index (Phi) is 14.5. The molecule has 1 saturated heterocycles. The Morgan fingerprint density at radius 2 is 1.85 bits per heavy atom. The number of fused-ring (bicyclic) bond motifs is 1. The van der Waals surface area contributed by atoms with E-state index in [-0.39, 0.29) is 0 Å². The van der Waals surface area contributed by atoms with E-state index in [9.17, 15) is 13.2 Å². The largest absolute Gasteiger partial charge is 0.406 e. The maximum atomic E-state index is 13.4. The molecule has 0 unspecified atom stereocenters. The van der Waals surface area contributed by atoms with Crippen LogP contribution in [0.15, 0.2) is 41.6 Å². The maximum Gasteiger partial charge on any atom is 0.406 e. The highest BCUT2D eigenvalue weighted by molar-refractivity contribution is 5.78. The lowest BCUT2D eigenvalue weighted by Gasteiger charge is -2.29. The number of allylic oxidation sites excluding steroid dienone is 3. The lowest BCUT2D eigenvalue weighted by atomic mass is 10.1. The molecule has 1 aliphatic rings. The average molecular weight is 574 g/mol. The van der Waals surface area contributed by atoms with Gasteiger partial charge in [0.05, 0.1) is 29.0 Å². The van der Waals surface area contributed by atoms with E-state index >= 15 is 0 Å². The van der Waals surface area contributed by atoms with E-state index in [1.54, 1.807) is 18.2 Å². The smallest absolute Gasteiger partial charge is 0.374 e. The number of halogens is 3. The Hall–Kier alpha value is -2.76. The topological polar surface area (TPSA) is 45.1 Å². The number of hydrogen-bond donors (Lipinski definition) is 2. The summed E-state index contributed by atoms with van der Waals surface area (Å²) in [6, 6.07) is 5.63. The van der Waals surface area contributed by atoms with Crippen LogP contribution in [-0.2, 0) is 13.1 Å². The minimum absolute atomic E-state index is 0.319. The van der Waals surface area contributed by atoms with Crippen molar-refractivity contribution in [3.05, 3.63) is 53.0 Å². The summed E-state index contributed by atoms with van der Waals surface area (Å²) in [4.78, 5) is 6.96. The molecule has 1 fully saturated rings. The molecule has 5 nitrogen and oxygen atoms in total. The molecule has 0 atom stereocenters. The van der Waals surface area contributed by atoms with Gasteiger partial charge < -0.3 is 20.1 Å². The molecule has 1 aliphatic heterocycles. The number of nitrogens with one attached hydrogen (secondary N) is 2. The second-order valence-corrected chi connectivity index (χ2v) is 11.0. The predicted octanol–water partition coefficient (Wildman–Crippen LogP) is 7.43. The fourth-order valence-electron chi connectivity index (χ4n) is 4.54. The standard InChI is InChI=1S/C28H38F3N5.C5H12/c1-5-9-25(21(6-2)7-3)32-15-8-10-24-18-26-27(36(24)20-28(29,30)31)12-11-23(34-26)19-33-22-13-16-35(4)17-14-22;1-4-5(2)3/h6,9,11-12,18,22,32-33H,5,7,13-17,19-20H2,1-4H3;5H,4H2,1-3H3/b21-6-,25-9+;. The van der Waals surface area contributed by atoms with Crippen LogP contribution in [0.25, 0.3) is 11.0 Å². The summed E-state index contributed by atoms with van der Waals surface area (Å²) in [7, 11) is 2.12. The van der Waals surface area contributed by atoms with Crippen LogP contribution in [-0.4, -0.2) is 53.4 Å². The molecule has 8 heteroatoms. The summed E-state index contributed by atoms with van der Waals surface area (Å²) >= 11 is 0.